The molecule has 1 saturated heterocycles. The summed E-state index contributed by atoms with van der Waals surface area (Å²) in [5, 5.41) is 0. The molecule has 0 aromatic heterocycles. The van der Waals surface area contributed by atoms with Gasteiger partial charge in [-0.15, -0.1) is 0 Å². The molecule has 6 heteroatoms. The van der Waals surface area contributed by atoms with Gasteiger partial charge in [-0.3, -0.25) is 9.62 Å². The van der Waals surface area contributed by atoms with E-state index in [2.05, 4.69) is 33.9 Å². The molecule has 0 saturated carbocycles. The van der Waals surface area contributed by atoms with Crippen LogP contribution < -0.4 is 4.72 Å². The summed E-state index contributed by atoms with van der Waals surface area (Å²) in [5.74, 6) is 0.212. The molecule has 146 valence electrons. The number of hydrogen-bond donors (Lipinski definition) is 1. The van der Waals surface area contributed by atoms with E-state index < -0.39 is 11.7 Å². The second-order valence-corrected chi connectivity index (χ2v) is 7.71. The summed E-state index contributed by atoms with van der Waals surface area (Å²) in [6.45, 7) is 3.57. The SMILES string of the molecule is CSNCc1ccc(CN2CCC(c3cccc(C(F)(F)F)c3)CC2)cc1. The largest absolute Gasteiger partial charge is 0.416 e. The summed E-state index contributed by atoms with van der Waals surface area (Å²) >= 11 is 1.61. The van der Waals surface area contributed by atoms with Crippen LogP contribution in [0.2, 0.25) is 0 Å². The second-order valence-electron chi connectivity index (χ2n) is 7.02. The van der Waals surface area contributed by atoms with E-state index in [-0.39, 0.29) is 5.92 Å². The molecule has 1 N–H and O–H groups in total. The summed E-state index contributed by atoms with van der Waals surface area (Å²) in [5.41, 5.74) is 2.81. The molecule has 0 unspecified atom stereocenters. The molecular formula is C21H25F3N2S. The van der Waals surface area contributed by atoms with Gasteiger partial charge in [0.1, 0.15) is 0 Å². The summed E-state index contributed by atoms with van der Waals surface area (Å²) in [6, 6.07) is 14.4. The Morgan fingerprint density at radius 3 is 2.33 bits per heavy atom. The number of likely N-dealkylation sites (tertiary alicyclic amines) is 1. The van der Waals surface area contributed by atoms with Crippen LogP contribution >= 0.6 is 11.9 Å². The quantitative estimate of drug-likeness (QED) is 0.656. The summed E-state index contributed by atoms with van der Waals surface area (Å²) in [7, 11) is 0. The number of benzene rings is 2. The third-order valence-electron chi connectivity index (χ3n) is 5.12. The number of hydrogen-bond acceptors (Lipinski definition) is 3. The topological polar surface area (TPSA) is 15.3 Å². The number of nitrogens with one attached hydrogen (secondary N) is 1. The lowest BCUT2D eigenvalue weighted by molar-refractivity contribution is -0.137. The van der Waals surface area contributed by atoms with Gasteiger partial charge in [-0.1, -0.05) is 54.4 Å². The Bertz CT molecular complexity index is 723. The van der Waals surface area contributed by atoms with E-state index in [0.29, 0.717) is 0 Å². The van der Waals surface area contributed by atoms with Crippen molar-refractivity contribution >= 4 is 11.9 Å². The van der Waals surface area contributed by atoms with Crippen LogP contribution in [0.25, 0.3) is 0 Å². The molecule has 1 aliphatic heterocycles. The zero-order valence-electron chi connectivity index (χ0n) is 15.4. The van der Waals surface area contributed by atoms with Gasteiger partial charge in [0.15, 0.2) is 0 Å². The van der Waals surface area contributed by atoms with E-state index >= 15 is 0 Å². The van der Waals surface area contributed by atoms with E-state index in [1.807, 2.05) is 12.3 Å². The highest BCUT2D eigenvalue weighted by Crippen LogP contribution is 2.34. The van der Waals surface area contributed by atoms with Crippen LogP contribution in [0.5, 0.6) is 0 Å². The molecule has 2 aromatic carbocycles. The van der Waals surface area contributed by atoms with E-state index in [4.69, 9.17) is 0 Å². The van der Waals surface area contributed by atoms with Crippen molar-refractivity contribution in [1.29, 1.82) is 0 Å². The number of nitrogens with zero attached hydrogens (tertiary/aromatic N) is 1. The Labute approximate surface area is 163 Å². The molecule has 2 aromatic rings. The van der Waals surface area contributed by atoms with Gasteiger partial charge in [0.25, 0.3) is 0 Å². The molecular weight excluding hydrogens is 369 g/mol. The Morgan fingerprint density at radius 1 is 1.04 bits per heavy atom. The van der Waals surface area contributed by atoms with Crippen LogP contribution in [-0.2, 0) is 19.3 Å². The maximum absolute atomic E-state index is 12.9. The Hall–Kier alpha value is -1.50. The zero-order chi connectivity index (χ0) is 19.3. The normalized spacial score (nSPS) is 16.6. The van der Waals surface area contributed by atoms with E-state index in [0.717, 1.165) is 50.7 Å². The molecule has 3 rings (SSSR count). The standard InChI is InChI=1S/C21H25F3N2S/c1-27-25-14-16-5-7-17(8-6-16)15-26-11-9-18(10-12-26)19-3-2-4-20(13-19)21(22,23)24/h2-8,13,18,25H,9-12,14-15H2,1H3. The first-order valence-corrected chi connectivity index (χ1v) is 10.4. The van der Waals surface area contributed by atoms with Crippen LogP contribution in [0.15, 0.2) is 48.5 Å². The molecule has 0 atom stereocenters. The molecule has 0 aliphatic carbocycles. The van der Waals surface area contributed by atoms with Crippen LogP contribution in [-0.4, -0.2) is 24.2 Å². The predicted molar refractivity (Wildman–Crippen MR) is 105 cm³/mol. The van der Waals surface area contributed by atoms with Crippen molar-refractivity contribution in [2.75, 3.05) is 19.3 Å². The molecule has 1 fully saturated rings. The summed E-state index contributed by atoms with van der Waals surface area (Å²) in [6.07, 6.45) is -0.459. The average molecular weight is 395 g/mol. The van der Waals surface area contributed by atoms with Crippen molar-refractivity contribution in [3.63, 3.8) is 0 Å². The molecule has 0 amide bonds. The van der Waals surface area contributed by atoms with Crippen LogP contribution in [0.4, 0.5) is 13.2 Å². The van der Waals surface area contributed by atoms with Gasteiger partial charge in [-0.2, -0.15) is 13.2 Å². The van der Waals surface area contributed by atoms with Gasteiger partial charge in [-0.05, 0) is 60.9 Å². The third-order valence-corrected chi connectivity index (χ3v) is 5.56. The first-order valence-electron chi connectivity index (χ1n) is 9.19. The number of halogens is 3. The van der Waals surface area contributed by atoms with Crippen molar-refractivity contribution in [2.24, 2.45) is 0 Å². The minimum Gasteiger partial charge on any atom is -0.299 e. The molecule has 1 heterocycles. The third kappa shape index (κ3) is 5.74. The number of piperidine rings is 1. The molecule has 0 radical (unpaired) electrons. The Morgan fingerprint density at radius 2 is 1.70 bits per heavy atom. The first-order chi connectivity index (χ1) is 13.0. The highest BCUT2D eigenvalue weighted by molar-refractivity contribution is 7.96. The summed E-state index contributed by atoms with van der Waals surface area (Å²) in [4.78, 5) is 2.39. The van der Waals surface area contributed by atoms with Crippen molar-refractivity contribution in [3.05, 3.63) is 70.8 Å². The fourth-order valence-corrected chi connectivity index (χ4v) is 3.88. The van der Waals surface area contributed by atoms with Crippen molar-refractivity contribution in [3.8, 4) is 0 Å². The maximum Gasteiger partial charge on any atom is 0.416 e. The van der Waals surface area contributed by atoms with Gasteiger partial charge in [0.05, 0.1) is 5.56 Å². The fourth-order valence-electron chi connectivity index (χ4n) is 3.57. The fraction of sp³-hybridized carbons (Fsp3) is 0.429. The van der Waals surface area contributed by atoms with Crippen molar-refractivity contribution < 1.29 is 13.2 Å². The number of alkyl halides is 3. The summed E-state index contributed by atoms with van der Waals surface area (Å²) < 4.78 is 42.0. The highest BCUT2D eigenvalue weighted by atomic mass is 32.2. The van der Waals surface area contributed by atoms with Crippen LogP contribution in [0, 0.1) is 0 Å². The van der Waals surface area contributed by atoms with E-state index in [9.17, 15) is 13.2 Å². The van der Waals surface area contributed by atoms with Crippen LogP contribution in [0.1, 0.15) is 41.0 Å². The lowest BCUT2D eigenvalue weighted by atomic mass is 9.88. The predicted octanol–water partition coefficient (Wildman–Crippen LogP) is 5.45. The molecule has 0 spiro atoms. The first kappa shape index (κ1) is 20.2. The van der Waals surface area contributed by atoms with Gasteiger partial charge in [0.2, 0.25) is 0 Å². The number of rotatable bonds is 6. The van der Waals surface area contributed by atoms with Crippen LogP contribution in [0.3, 0.4) is 0 Å². The van der Waals surface area contributed by atoms with Crippen molar-refractivity contribution in [2.45, 2.75) is 38.0 Å². The molecule has 2 nitrogen and oxygen atoms in total. The smallest absolute Gasteiger partial charge is 0.299 e. The van der Waals surface area contributed by atoms with Gasteiger partial charge < -0.3 is 0 Å². The Kier molecular flexibility index (Phi) is 6.84. The zero-order valence-corrected chi connectivity index (χ0v) is 16.2. The minimum absolute atomic E-state index is 0.212. The second kappa shape index (κ2) is 9.13. The minimum atomic E-state index is -4.27. The maximum atomic E-state index is 12.9. The van der Waals surface area contributed by atoms with Gasteiger partial charge in [-0.25, -0.2) is 0 Å². The average Bonchev–Trinajstić information content (AvgIpc) is 2.67. The molecule has 27 heavy (non-hydrogen) atoms. The van der Waals surface area contributed by atoms with E-state index in [1.54, 1.807) is 11.9 Å². The monoisotopic (exact) mass is 394 g/mol. The van der Waals surface area contributed by atoms with Gasteiger partial charge in [0, 0.05) is 13.1 Å². The van der Waals surface area contributed by atoms with Gasteiger partial charge >= 0.3 is 6.18 Å². The highest BCUT2D eigenvalue weighted by Gasteiger charge is 2.31. The van der Waals surface area contributed by atoms with E-state index in [1.165, 1.54) is 23.3 Å². The Balaban J connectivity index is 1.53. The lowest BCUT2D eigenvalue weighted by Crippen LogP contribution is -2.32. The van der Waals surface area contributed by atoms with Crippen molar-refractivity contribution in [1.82, 2.24) is 9.62 Å². The molecule has 1 aliphatic rings. The molecule has 0 bridgehead atoms. The lowest BCUT2D eigenvalue weighted by Gasteiger charge is -2.32.